The normalized spacial score (nSPS) is 23.3. The van der Waals surface area contributed by atoms with Crippen molar-refractivity contribution in [3.63, 3.8) is 0 Å². The molecular formula is C14H16N4O. The van der Waals surface area contributed by atoms with Gasteiger partial charge in [0.2, 0.25) is 5.91 Å². The summed E-state index contributed by atoms with van der Waals surface area (Å²) in [5.41, 5.74) is 2.89. The quantitative estimate of drug-likeness (QED) is 0.821. The number of amides is 1. The van der Waals surface area contributed by atoms with Crippen LogP contribution in [0.5, 0.6) is 0 Å². The van der Waals surface area contributed by atoms with E-state index in [9.17, 15) is 4.79 Å². The maximum atomic E-state index is 11.9. The van der Waals surface area contributed by atoms with E-state index in [2.05, 4.69) is 27.1 Å². The first-order valence-corrected chi connectivity index (χ1v) is 6.33. The molecule has 3 heterocycles. The van der Waals surface area contributed by atoms with Crippen molar-refractivity contribution in [3.8, 4) is 0 Å². The van der Waals surface area contributed by atoms with Crippen LogP contribution in [0.15, 0.2) is 48.6 Å². The molecule has 3 rings (SSSR count). The number of carbonyl (C=O) groups is 1. The fourth-order valence-corrected chi connectivity index (χ4v) is 2.43. The van der Waals surface area contributed by atoms with Gasteiger partial charge in [-0.15, -0.1) is 0 Å². The lowest BCUT2D eigenvalue weighted by molar-refractivity contribution is -0.122. The zero-order valence-electron chi connectivity index (χ0n) is 10.6. The second kappa shape index (κ2) is 4.85. The number of rotatable bonds is 2. The second-order valence-electron chi connectivity index (χ2n) is 4.77. The van der Waals surface area contributed by atoms with Gasteiger partial charge in [0, 0.05) is 31.2 Å². The first-order valence-electron chi connectivity index (χ1n) is 6.33. The Kier molecular flexibility index (Phi) is 3.05. The molecule has 0 saturated carbocycles. The average molecular weight is 256 g/mol. The summed E-state index contributed by atoms with van der Waals surface area (Å²) in [6, 6.07) is 3.69. The Bertz CT molecular complexity index is 538. The third-order valence-corrected chi connectivity index (χ3v) is 3.39. The minimum absolute atomic E-state index is 0.0180. The van der Waals surface area contributed by atoms with Gasteiger partial charge in [-0.05, 0) is 24.1 Å². The van der Waals surface area contributed by atoms with Crippen molar-refractivity contribution in [1.82, 2.24) is 15.6 Å². The fourth-order valence-electron chi connectivity index (χ4n) is 2.43. The number of piperazine rings is 1. The van der Waals surface area contributed by atoms with Gasteiger partial charge in [-0.25, -0.2) is 0 Å². The Morgan fingerprint density at radius 2 is 2.37 bits per heavy atom. The number of hydrogen-bond acceptors (Lipinski definition) is 4. The van der Waals surface area contributed by atoms with Crippen molar-refractivity contribution in [2.24, 2.45) is 0 Å². The molecule has 2 N–H and O–H groups in total. The smallest absolute Gasteiger partial charge is 0.245 e. The Morgan fingerprint density at radius 3 is 3.11 bits per heavy atom. The molecule has 0 bridgehead atoms. The molecule has 1 fully saturated rings. The van der Waals surface area contributed by atoms with E-state index in [0.29, 0.717) is 6.54 Å². The van der Waals surface area contributed by atoms with E-state index in [1.165, 1.54) is 0 Å². The molecule has 5 heteroatoms. The minimum Gasteiger partial charge on any atom is -0.346 e. The van der Waals surface area contributed by atoms with E-state index in [0.717, 1.165) is 29.9 Å². The van der Waals surface area contributed by atoms with Gasteiger partial charge in [-0.3, -0.25) is 15.1 Å². The molecule has 5 nitrogen and oxygen atoms in total. The molecule has 0 spiro atoms. The number of aromatic nitrogens is 1. The molecule has 1 aromatic heterocycles. The molecule has 2 aliphatic rings. The van der Waals surface area contributed by atoms with Gasteiger partial charge in [-0.1, -0.05) is 6.58 Å². The first kappa shape index (κ1) is 11.9. The number of anilines is 1. The highest BCUT2D eigenvalue weighted by Gasteiger charge is 2.29. The largest absolute Gasteiger partial charge is 0.346 e. The predicted octanol–water partition coefficient (Wildman–Crippen LogP) is 0.777. The van der Waals surface area contributed by atoms with Gasteiger partial charge in [0.05, 0.1) is 11.9 Å². The predicted molar refractivity (Wildman–Crippen MR) is 73.4 cm³/mol. The van der Waals surface area contributed by atoms with Crippen LogP contribution >= 0.6 is 0 Å². The lowest BCUT2D eigenvalue weighted by Crippen LogP contribution is -2.52. The lowest BCUT2D eigenvalue weighted by Gasteiger charge is -2.25. The summed E-state index contributed by atoms with van der Waals surface area (Å²) >= 11 is 0. The summed E-state index contributed by atoms with van der Waals surface area (Å²) in [7, 11) is 0. The van der Waals surface area contributed by atoms with Crippen LogP contribution in [0, 0.1) is 0 Å². The second-order valence-corrected chi connectivity index (χ2v) is 4.77. The molecule has 1 atom stereocenters. The third kappa shape index (κ3) is 2.37. The molecule has 2 aliphatic heterocycles. The van der Waals surface area contributed by atoms with Crippen LogP contribution in [0.25, 0.3) is 0 Å². The molecule has 0 aliphatic carbocycles. The standard InChI is InChI=1S/C14H16N4O/c1-10-7-16-13(14(19)17-10)11-4-6-18(9-11)12-3-2-5-15-8-12/h2-3,5,8-9,13,16H,1,4,6-7H2,(H,17,19). The van der Waals surface area contributed by atoms with Gasteiger partial charge < -0.3 is 10.2 Å². The summed E-state index contributed by atoms with van der Waals surface area (Å²) in [6.45, 7) is 5.26. The SMILES string of the molecule is C=C1CNC(C2=CN(c3cccnc3)CC2)C(=O)N1. The van der Waals surface area contributed by atoms with E-state index < -0.39 is 0 Å². The van der Waals surface area contributed by atoms with Crippen LogP contribution in [0.2, 0.25) is 0 Å². The van der Waals surface area contributed by atoms with Crippen LogP contribution in [0.1, 0.15) is 6.42 Å². The molecule has 19 heavy (non-hydrogen) atoms. The number of pyridine rings is 1. The van der Waals surface area contributed by atoms with E-state index in [-0.39, 0.29) is 11.9 Å². The van der Waals surface area contributed by atoms with Crippen LogP contribution < -0.4 is 15.5 Å². The lowest BCUT2D eigenvalue weighted by atomic mass is 10.0. The topological polar surface area (TPSA) is 57.3 Å². The first-order chi connectivity index (χ1) is 9.24. The molecule has 98 valence electrons. The highest BCUT2D eigenvalue weighted by Crippen LogP contribution is 2.24. The number of carbonyl (C=O) groups excluding carboxylic acids is 1. The molecule has 1 unspecified atom stereocenters. The van der Waals surface area contributed by atoms with Gasteiger partial charge in [0.15, 0.2) is 0 Å². The molecule has 0 aromatic carbocycles. The maximum absolute atomic E-state index is 11.9. The van der Waals surface area contributed by atoms with Crippen LogP contribution in [-0.2, 0) is 4.79 Å². The average Bonchev–Trinajstić information content (AvgIpc) is 2.89. The fraction of sp³-hybridized carbons (Fsp3) is 0.286. The van der Waals surface area contributed by atoms with Crippen molar-refractivity contribution < 1.29 is 4.79 Å². The molecule has 0 radical (unpaired) electrons. The number of nitrogens with zero attached hydrogens (tertiary/aromatic N) is 2. The molecule has 1 aromatic rings. The Hall–Kier alpha value is -2.14. The number of nitrogens with one attached hydrogen (secondary N) is 2. The maximum Gasteiger partial charge on any atom is 0.245 e. The van der Waals surface area contributed by atoms with Gasteiger partial charge in [0.25, 0.3) is 0 Å². The summed E-state index contributed by atoms with van der Waals surface area (Å²) < 4.78 is 0. The molecule has 1 amide bonds. The van der Waals surface area contributed by atoms with Crippen molar-refractivity contribution in [1.29, 1.82) is 0 Å². The third-order valence-electron chi connectivity index (χ3n) is 3.39. The van der Waals surface area contributed by atoms with Gasteiger partial charge in [0.1, 0.15) is 6.04 Å². The minimum atomic E-state index is -0.243. The zero-order valence-corrected chi connectivity index (χ0v) is 10.6. The Labute approximate surface area is 112 Å². The summed E-state index contributed by atoms with van der Waals surface area (Å²) in [4.78, 5) is 18.2. The van der Waals surface area contributed by atoms with Crippen molar-refractivity contribution in [2.75, 3.05) is 18.0 Å². The highest BCUT2D eigenvalue weighted by atomic mass is 16.2. The number of hydrogen-bond donors (Lipinski definition) is 2. The van der Waals surface area contributed by atoms with E-state index in [1.54, 1.807) is 6.20 Å². The Morgan fingerprint density at radius 1 is 1.47 bits per heavy atom. The van der Waals surface area contributed by atoms with E-state index in [4.69, 9.17) is 0 Å². The van der Waals surface area contributed by atoms with Gasteiger partial charge in [-0.2, -0.15) is 0 Å². The Balaban J connectivity index is 1.76. The zero-order chi connectivity index (χ0) is 13.2. The molecular weight excluding hydrogens is 240 g/mol. The van der Waals surface area contributed by atoms with E-state index >= 15 is 0 Å². The summed E-state index contributed by atoms with van der Waals surface area (Å²) in [6.07, 6.45) is 6.51. The van der Waals surface area contributed by atoms with Crippen LogP contribution in [0.4, 0.5) is 5.69 Å². The highest BCUT2D eigenvalue weighted by molar-refractivity contribution is 5.87. The molecule has 1 saturated heterocycles. The van der Waals surface area contributed by atoms with Crippen molar-refractivity contribution >= 4 is 11.6 Å². The van der Waals surface area contributed by atoms with Gasteiger partial charge >= 0.3 is 0 Å². The summed E-state index contributed by atoms with van der Waals surface area (Å²) in [5, 5.41) is 6.00. The van der Waals surface area contributed by atoms with Crippen LogP contribution in [-0.4, -0.2) is 30.0 Å². The van der Waals surface area contributed by atoms with E-state index in [1.807, 2.05) is 24.5 Å². The van der Waals surface area contributed by atoms with Crippen molar-refractivity contribution in [2.45, 2.75) is 12.5 Å². The van der Waals surface area contributed by atoms with Crippen molar-refractivity contribution in [3.05, 3.63) is 48.6 Å². The van der Waals surface area contributed by atoms with Crippen LogP contribution in [0.3, 0.4) is 0 Å². The summed E-state index contributed by atoms with van der Waals surface area (Å²) in [5.74, 6) is -0.0180. The monoisotopic (exact) mass is 256 g/mol.